The lowest BCUT2D eigenvalue weighted by Crippen LogP contribution is -2.57. The molecule has 172 valence electrons. The molecule has 3 amide bonds. The van der Waals surface area contributed by atoms with Crippen molar-refractivity contribution < 1.29 is 29.4 Å². The van der Waals surface area contributed by atoms with Crippen molar-refractivity contribution in [2.75, 3.05) is 6.61 Å². The highest BCUT2D eigenvalue weighted by Crippen LogP contribution is 2.05. The van der Waals surface area contributed by atoms with Crippen LogP contribution >= 0.6 is 0 Å². The molecule has 10 heteroatoms. The van der Waals surface area contributed by atoms with E-state index in [1.807, 2.05) is 13.8 Å². The quantitative estimate of drug-likeness (QED) is 0.248. The number of rotatable bonds is 12. The summed E-state index contributed by atoms with van der Waals surface area (Å²) in [6, 6.07) is 4.31. The Balaban J connectivity index is 2.68. The Kier molecular flexibility index (Phi) is 10.6. The number of nitrogens with one attached hydrogen (secondary N) is 3. The van der Waals surface area contributed by atoms with Gasteiger partial charge in [0.25, 0.3) is 0 Å². The summed E-state index contributed by atoms with van der Waals surface area (Å²) >= 11 is 0. The Hall–Kier alpha value is -2.98. The van der Waals surface area contributed by atoms with E-state index in [0.29, 0.717) is 12.0 Å². The standard InChI is InChI=1S/C21H32N4O6/c1-12(2)9-15(22)19(28)23-13(3)18(27)25-17(11-26)20(29)24-16(21(30)31)10-14-7-5-4-6-8-14/h4-8,12-13,15-17,26H,9-11,22H2,1-3H3,(H,23,28)(H,24,29)(H,25,27)(H,30,31). The van der Waals surface area contributed by atoms with Crippen molar-refractivity contribution in [1.82, 2.24) is 16.0 Å². The maximum Gasteiger partial charge on any atom is 0.326 e. The second-order valence-electron chi connectivity index (χ2n) is 7.80. The minimum Gasteiger partial charge on any atom is -0.480 e. The van der Waals surface area contributed by atoms with Gasteiger partial charge in [-0.2, -0.15) is 0 Å². The molecular formula is C21H32N4O6. The molecule has 0 radical (unpaired) electrons. The Morgan fingerprint density at radius 1 is 0.903 bits per heavy atom. The third-order valence-electron chi connectivity index (χ3n) is 4.53. The molecule has 0 heterocycles. The van der Waals surface area contributed by atoms with Gasteiger partial charge in [-0.05, 0) is 24.8 Å². The zero-order valence-electron chi connectivity index (χ0n) is 18.0. The predicted molar refractivity (Wildman–Crippen MR) is 114 cm³/mol. The van der Waals surface area contributed by atoms with Crippen molar-refractivity contribution in [3.8, 4) is 0 Å². The third-order valence-corrected chi connectivity index (χ3v) is 4.53. The minimum atomic E-state index is -1.38. The molecule has 1 aromatic rings. The van der Waals surface area contributed by atoms with Crippen molar-refractivity contribution in [1.29, 1.82) is 0 Å². The molecule has 4 atom stereocenters. The number of benzene rings is 1. The molecule has 10 nitrogen and oxygen atoms in total. The number of carbonyl (C=O) groups excluding carboxylic acids is 3. The number of carboxylic acids is 1. The monoisotopic (exact) mass is 436 g/mol. The van der Waals surface area contributed by atoms with Crippen molar-refractivity contribution in [2.45, 2.75) is 57.8 Å². The van der Waals surface area contributed by atoms with Gasteiger partial charge in [0.2, 0.25) is 17.7 Å². The van der Waals surface area contributed by atoms with Crippen LogP contribution in [0.3, 0.4) is 0 Å². The van der Waals surface area contributed by atoms with E-state index < -0.39 is 54.5 Å². The van der Waals surface area contributed by atoms with E-state index >= 15 is 0 Å². The van der Waals surface area contributed by atoms with E-state index in [0.717, 1.165) is 0 Å². The first-order valence-electron chi connectivity index (χ1n) is 10.1. The van der Waals surface area contributed by atoms with E-state index in [-0.39, 0.29) is 12.3 Å². The van der Waals surface area contributed by atoms with Gasteiger partial charge in [-0.25, -0.2) is 4.79 Å². The highest BCUT2D eigenvalue weighted by atomic mass is 16.4. The SMILES string of the molecule is CC(C)CC(N)C(=O)NC(C)C(=O)NC(CO)C(=O)NC(Cc1ccccc1)C(=O)O. The van der Waals surface area contributed by atoms with E-state index in [4.69, 9.17) is 5.73 Å². The van der Waals surface area contributed by atoms with Crippen LogP contribution in [0, 0.1) is 5.92 Å². The van der Waals surface area contributed by atoms with Gasteiger partial charge in [0.15, 0.2) is 0 Å². The molecule has 4 unspecified atom stereocenters. The van der Waals surface area contributed by atoms with Crippen molar-refractivity contribution in [2.24, 2.45) is 11.7 Å². The largest absolute Gasteiger partial charge is 0.480 e. The fourth-order valence-corrected chi connectivity index (χ4v) is 2.81. The fourth-order valence-electron chi connectivity index (χ4n) is 2.81. The molecule has 0 bridgehead atoms. The first kappa shape index (κ1) is 26.1. The Bertz CT molecular complexity index is 755. The van der Waals surface area contributed by atoms with Gasteiger partial charge in [0.1, 0.15) is 18.1 Å². The lowest BCUT2D eigenvalue weighted by Gasteiger charge is -2.23. The summed E-state index contributed by atoms with van der Waals surface area (Å²) in [6.07, 6.45) is 0.480. The van der Waals surface area contributed by atoms with Crippen LogP contribution in [-0.4, -0.2) is 64.7 Å². The highest BCUT2D eigenvalue weighted by Gasteiger charge is 2.28. The van der Waals surface area contributed by atoms with Gasteiger partial charge in [0.05, 0.1) is 12.6 Å². The summed E-state index contributed by atoms with van der Waals surface area (Å²) in [4.78, 5) is 48.4. The zero-order chi connectivity index (χ0) is 23.6. The van der Waals surface area contributed by atoms with E-state index in [1.54, 1.807) is 30.3 Å². The third kappa shape index (κ3) is 9.14. The van der Waals surface area contributed by atoms with Crippen molar-refractivity contribution in [3.05, 3.63) is 35.9 Å². The van der Waals surface area contributed by atoms with Crippen LogP contribution in [0.25, 0.3) is 0 Å². The van der Waals surface area contributed by atoms with Crippen LogP contribution in [0.4, 0.5) is 0 Å². The van der Waals surface area contributed by atoms with Gasteiger partial charge in [-0.15, -0.1) is 0 Å². The van der Waals surface area contributed by atoms with Crippen LogP contribution in [0.1, 0.15) is 32.8 Å². The fraction of sp³-hybridized carbons (Fsp3) is 0.524. The lowest BCUT2D eigenvalue weighted by atomic mass is 10.0. The van der Waals surface area contributed by atoms with Crippen LogP contribution < -0.4 is 21.7 Å². The molecule has 0 aliphatic heterocycles. The number of hydrogen-bond acceptors (Lipinski definition) is 6. The summed E-state index contributed by atoms with van der Waals surface area (Å²) < 4.78 is 0. The molecule has 0 aliphatic rings. The molecule has 7 N–H and O–H groups in total. The van der Waals surface area contributed by atoms with Gasteiger partial charge in [-0.3, -0.25) is 14.4 Å². The summed E-state index contributed by atoms with van der Waals surface area (Å²) in [5.41, 5.74) is 6.49. The molecule has 1 rings (SSSR count). The normalized spacial score (nSPS) is 14.8. The van der Waals surface area contributed by atoms with Gasteiger partial charge in [0, 0.05) is 6.42 Å². The van der Waals surface area contributed by atoms with Crippen LogP contribution in [-0.2, 0) is 25.6 Å². The number of carboxylic acid groups (broad SMARTS) is 1. The number of aliphatic hydroxyl groups excluding tert-OH is 1. The van der Waals surface area contributed by atoms with Crippen LogP contribution in [0.2, 0.25) is 0 Å². The maximum absolute atomic E-state index is 12.4. The average Bonchev–Trinajstić information content (AvgIpc) is 2.71. The maximum atomic E-state index is 12.4. The number of amides is 3. The number of carbonyl (C=O) groups is 4. The molecule has 0 saturated heterocycles. The molecule has 0 saturated carbocycles. The molecule has 0 spiro atoms. The molecule has 0 aliphatic carbocycles. The van der Waals surface area contributed by atoms with Crippen molar-refractivity contribution >= 4 is 23.7 Å². The molecular weight excluding hydrogens is 404 g/mol. The minimum absolute atomic E-state index is 0.0359. The number of aliphatic hydroxyl groups is 1. The van der Waals surface area contributed by atoms with E-state index in [1.165, 1.54) is 6.92 Å². The molecule has 0 aromatic heterocycles. The summed E-state index contributed by atoms with van der Waals surface area (Å²) in [5.74, 6) is -3.12. The second-order valence-corrected chi connectivity index (χ2v) is 7.80. The van der Waals surface area contributed by atoms with Gasteiger partial charge in [-0.1, -0.05) is 44.2 Å². The first-order valence-corrected chi connectivity index (χ1v) is 10.1. The second kappa shape index (κ2) is 12.7. The Labute approximate surface area is 181 Å². The Morgan fingerprint density at radius 2 is 1.48 bits per heavy atom. The summed E-state index contributed by atoms with van der Waals surface area (Å²) in [5, 5.41) is 26.0. The molecule has 0 fully saturated rings. The lowest BCUT2D eigenvalue weighted by molar-refractivity contribution is -0.142. The van der Waals surface area contributed by atoms with Crippen LogP contribution in [0.15, 0.2) is 30.3 Å². The van der Waals surface area contributed by atoms with E-state index in [9.17, 15) is 29.4 Å². The molecule has 1 aromatic carbocycles. The Morgan fingerprint density at radius 3 is 2.00 bits per heavy atom. The highest BCUT2D eigenvalue weighted by molar-refractivity contribution is 5.94. The first-order chi connectivity index (χ1) is 14.5. The number of aliphatic carboxylic acids is 1. The number of hydrogen-bond donors (Lipinski definition) is 6. The summed E-state index contributed by atoms with van der Waals surface area (Å²) in [7, 11) is 0. The molecule has 31 heavy (non-hydrogen) atoms. The number of nitrogens with two attached hydrogens (primary N) is 1. The predicted octanol–water partition coefficient (Wildman–Crippen LogP) is -0.846. The van der Waals surface area contributed by atoms with E-state index in [2.05, 4.69) is 16.0 Å². The van der Waals surface area contributed by atoms with Crippen LogP contribution in [0.5, 0.6) is 0 Å². The average molecular weight is 437 g/mol. The summed E-state index contributed by atoms with van der Waals surface area (Å²) in [6.45, 7) is 4.49. The van der Waals surface area contributed by atoms with Gasteiger partial charge >= 0.3 is 5.97 Å². The topological polar surface area (TPSA) is 171 Å². The smallest absolute Gasteiger partial charge is 0.326 e. The van der Waals surface area contributed by atoms with Crippen molar-refractivity contribution in [3.63, 3.8) is 0 Å². The zero-order valence-corrected chi connectivity index (χ0v) is 18.0. The van der Waals surface area contributed by atoms with Gasteiger partial charge < -0.3 is 31.9 Å².